The van der Waals surface area contributed by atoms with E-state index in [0.717, 1.165) is 32.3 Å². The Balaban J connectivity index is 2.15. The van der Waals surface area contributed by atoms with Gasteiger partial charge >= 0.3 is 0 Å². The minimum Gasteiger partial charge on any atom is -0.380 e. The summed E-state index contributed by atoms with van der Waals surface area (Å²) in [6, 6.07) is 0.127. The standard InChI is InChI=1S/C11H23NO2/c1-3-7-14-9-10(12)8-11(13-2)5-4-6-11/h10H,3-9,12H2,1-2H3. The molecule has 14 heavy (non-hydrogen) atoms. The molecule has 3 nitrogen and oxygen atoms in total. The van der Waals surface area contributed by atoms with E-state index in [1.54, 1.807) is 7.11 Å². The van der Waals surface area contributed by atoms with Crippen LogP contribution in [0.25, 0.3) is 0 Å². The molecule has 84 valence electrons. The van der Waals surface area contributed by atoms with Gasteiger partial charge in [0.1, 0.15) is 0 Å². The lowest BCUT2D eigenvalue weighted by molar-refractivity contribution is -0.0854. The third-order valence-corrected chi connectivity index (χ3v) is 3.01. The normalized spacial score (nSPS) is 21.6. The van der Waals surface area contributed by atoms with E-state index in [4.69, 9.17) is 15.2 Å². The van der Waals surface area contributed by atoms with Crippen LogP contribution in [-0.2, 0) is 9.47 Å². The summed E-state index contributed by atoms with van der Waals surface area (Å²) in [6.45, 7) is 3.58. The van der Waals surface area contributed by atoms with Crippen LogP contribution in [0, 0.1) is 0 Å². The molecule has 0 spiro atoms. The van der Waals surface area contributed by atoms with Crippen molar-refractivity contribution in [3.63, 3.8) is 0 Å². The second-order valence-electron chi connectivity index (χ2n) is 4.28. The molecule has 0 aromatic heterocycles. The molecular formula is C11H23NO2. The Labute approximate surface area is 86.9 Å². The highest BCUT2D eigenvalue weighted by Gasteiger charge is 2.38. The van der Waals surface area contributed by atoms with Crippen LogP contribution in [-0.4, -0.2) is 32.0 Å². The van der Waals surface area contributed by atoms with Crippen LogP contribution in [0.5, 0.6) is 0 Å². The first kappa shape index (κ1) is 12.0. The highest BCUT2D eigenvalue weighted by atomic mass is 16.5. The number of hydrogen-bond acceptors (Lipinski definition) is 3. The maximum Gasteiger partial charge on any atom is 0.0694 e. The van der Waals surface area contributed by atoms with E-state index in [1.807, 2.05) is 0 Å². The highest BCUT2D eigenvalue weighted by Crippen LogP contribution is 2.38. The highest BCUT2D eigenvalue weighted by molar-refractivity contribution is 4.92. The molecule has 1 aliphatic rings. The zero-order chi connectivity index (χ0) is 10.4. The first-order chi connectivity index (χ1) is 6.72. The molecule has 0 aromatic rings. The summed E-state index contributed by atoms with van der Waals surface area (Å²) in [5.41, 5.74) is 6.06. The second-order valence-corrected chi connectivity index (χ2v) is 4.28. The van der Waals surface area contributed by atoms with Crippen molar-refractivity contribution in [2.24, 2.45) is 5.73 Å². The van der Waals surface area contributed by atoms with Gasteiger partial charge in [0.25, 0.3) is 0 Å². The largest absolute Gasteiger partial charge is 0.380 e. The average molecular weight is 201 g/mol. The lowest BCUT2D eigenvalue weighted by Gasteiger charge is -2.42. The molecule has 3 heteroatoms. The molecule has 0 saturated heterocycles. The summed E-state index contributed by atoms with van der Waals surface area (Å²) in [7, 11) is 1.79. The fourth-order valence-electron chi connectivity index (χ4n) is 1.98. The maximum absolute atomic E-state index is 5.98. The van der Waals surface area contributed by atoms with Crippen LogP contribution in [0.15, 0.2) is 0 Å². The Morgan fingerprint density at radius 2 is 2.14 bits per heavy atom. The lowest BCUT2D eigenvalue weighted by Crippen LogP contribution is -2.45. The van der Waals surface area contributed by atoms with Gasteiger partial charge in [-0.15, -0.1) is 0 Å². The molecular weight excluding hydrogens is 178 g/mol. The molecule has 1 aliphatic carbocycles. The first-order valence-corrected chi connectivity index (χ1v) is 5.61. The minimum absolute atomic E-state index is 0.0784. The minimum atomic E-state index is 0.0784. The predicted octanol–water partition coefficient (Wildman–Crippen LogP) is 1.70. The van der Waals surface area contributed by atoms with Gasteiger partial charge in [-0.25, -0.2) is 0 Å². The second kappa shape index (κ2) is 5.69. The molecule has 1 fully saturated rings. The number of nitrogens with two attached hydrogens (primary N) is 1. The Morgan fingerprint density at radius 3 is 2.57 bits per heavy atom. The molecule has 1 saturated carbocycles. The van der Waals surface area contributed by atoms with Gasteiger partial charge in [-0.2, -0.15) is 0 Å². The topological polar surface area (TPSA) is 44.5 Å². The molecule has 1 atom stereocenters. The number of ether oxygens (including phenoxy) is 2. The zero-order valence-electron chi connectivity index (χ0n) is 9.42. The predicted molar refractivity (Wildman–Crippen MR) is 57.3 cm³/mol. The van der Waals surface area contributed by atoms with E-state index in [9.17, 15) is 0 Å². The molecule has 1 unspecified atom stereocenters. The maximum atomic E-state index is 5.98. The number of rotatable bonds is 7. The van der Waals surface area contributed by atoms with E-state index >= 15 is 0 Å². The summed E-state index contributed by atoms with van der Waals surface area (Å²) in [5, 5.41) is 0. The summed E-state index contributed by atoms with van der Waals surface area (Å²) in [4.78, 5) is 0. The third-order valence-electron chi connectivity index (χ3n) is 3.01. The fraction of sp³-hybridized carbons (Fsp3) is 1.00. The summed E-state index contributed by atoms with van der Waals surface area (Å²) < 4.78 is 10.9. The first-order valence-electron chi connectivity index (χ1n) is 5.61. The molecule has 0 bridgehead atoms. The van der Waals surface area contributed by atoms with Gasteiger partial charge in [0.15, 0.2) is 0 Å². The van der Waals surface area contributed by atoms with Gasteiger partial charge in [0.05, 0.1) is 12.2 Å². The van der Waals surface area contributed by atoms with Crippen molar-refractivity contribution in [3.05, 3.63) is 0 Å². The van der Waals surface area contributed by atoms with E-state index in [-0.39, 0.29) is 11.6 Å². The number of methoxy groups -OCH3 is 1. The van der Waals surface area contributed by atoms with Crippen molar-refractivity contribution in [1.29, 1.82) is 0 Å². The molecule has 0 aliphatic heterocycles. The Hall–Kier alpha value is -0.120. The summed E-state index contributed by atoms with van der Waals surface area (Å²) in [5.74, 6) is 0. The number of hydrogen-bond donors (Lipinski definition) is 1. The third kappa shape index (κ3) is 3.23. The van der Waals surface area contributed by atoms with Gasteiger partial charge in [-0.05, 0) is 32.1 Å². The summed E-state index contributed by atoms with van der Waals surface area (Å²) >= 11 is 0. The molecule has 1 rings (SSSR count). The van der Waals surface area contributed by atoms with Crippen LogP contribution >= 0.6 is 0 Å². The Morgan fingerprint density at radius 1 is 1.43 bits per heavy atom. The molecule has 0 amide bonds. The van der Waals surface area contributed by atoms with Crippen molar-refractivity contribution >= 4 is 0 Å². The van der Waals surface area contributed by atoms with Gasteiger partial charge in [-0.1, -0.05) is 6.92 Å². The molecule has 2 N–H and O–H groups in total. The van der Waals surface area contributed by atoms with Crippen molar-refractivity contribution in [1.82, 2.24) is 0 Å². The quantitative estimate of drug-likeness (QED) is 0.638. The van der Waals surface area contributed by atoms with Gasteiger partial charge < -0.3 is 15.2 Å². The fourth-order valence-corrected chi connectivity index (χ4v) is 1.98. The summed E-state index contributed by atoms with van der Waals surface area (Å²) in [6.07, 6.45) is 5.59. The van der Waals surface area contributed by atoms with Crippen LogP contribution in [0.3, 0.4) is 0 Å². The van der Waals surface area contributed by atoms with Crippen LogP contribution < -0.4 is 5.73 Å². The smallest absolute Gasteiger partial charge is 0.0694 e. The van der Waals surface area contributed by atoms with E-state index in [2.05, 4.69) is 6.92 Å². The van der Waals surface area contributed by atoms with E-state index < -0.39 is 0 Å². The zero-order valence-corrected chi connectivity index (χ0v) is 9.42. The van der Waals surface area contributed by atoms with Crippen molar-refractivity contribution in [2.75, 3.05) is 20.3 Å². The van der Waals surface area contributed by atoms with Crippen LogP contribution in [0.1, 0.15) is 39.0 Å². The van der Waals surface area contributed by atoms with Crippen LogP contribution in [0.2, 0.25) is 0 Å². The van der Waals surface area contributed by atoms with Crippen molar-refractivity contribution < 1.29 is 9.47 Å². The molecule has 0 aromatic carbocycles. The van der Waals surface area contributed by atoms with Crippen molar-refractivity contribution in [3.8, 4) is 0 Å². The molecule has 0 heterocycles. The average Bonchev–Trinajstić information content (AvgIpc) is 2.12. The van der Waals surface area contributed by atoms with Gasteiger partial charge in [-0.3, -0.25) is 0 Å². The van der Waals surface area contributed by atoms with Crippen LogP contribution in [0.4, 0.5) is 0 Å². The van der Waals surface area contributed by atoms with Gasteiger partial charge in [0, 0.05) is 19.8 Å². The van der Waals surface area contributed by atoms with E-state index in [1.165, 1.54) is 6.42 Å². The van der Waals surface area contributed by atoms with E-state index in [0.29, 0.717) is 6.61 Å². The van der Waals surface area contributed by atoms with Gasteiger partial charge in [0.2, 0.25) is 0 Å². The lowest BCUT2D eigenvalue weighted by atomic mass is 9.76. The SMILES string of the molecule is CCCOCC(N)CC1(OC)CCC1. The Bertz CT molecular complexity index is 152. The Kier molecular flexibility index (Phi) is 4.85. The molecule has 0 radical (unpaired) electrons. The van der Waals surface area contributed by atoms with Crippen molar-refractivity contribution in [2.45, 2.75) is 50.7 Å². The monoisotopic (exact) mass is 201 g/mol.